The molecule has 0 saturated carbocycles. The Labute approximate surface area is 184 Å². The maximum atomic E-state index is 11.8. The molecule has 1 N–H and O–H groups in total. The van der Waals surface area contributed by atoms with Gasteiger partial charge in [-0.05, 0) is 24.3 Å². The highest BCUT2D eigenvalue weighted by Gasteiger charge is 2.25. The normalized spacial score (nSPS) is 10.6. The Bertz CT molecular complexity index is 1250. The average Bonchev–Trinajstić information content (AvgIpc) is 3.29. The molecule has 3 aromatic carbocycles. The van der Waals surface area contributed by atoms with Crippen LogP contribution in [0.3, 0.4) is 0 Å². The molecule has 0 amide bonds. The number of benzene rings is 3. The summed E-state index contributed by atoms with van der Waals surface area (Å²) in [5, 5.41) is 11.8. The van der Waals surface area contributed by atoms with Crippen LogP contribution in [0.25, 0.3) is 33.9 Å². The van der Waals surface area contributed by atoms with Gasteiger partial charge in [0.05, 0.1) is 49.3 Å². The Balaban J connectivity index is 1.95. The Kier molecular flexibility index (Phi) is 5.76. The number of hydrogen-bond acceptors (Lipinski definition) is 6. The summed E-state index contributed by atoms with van der Waals surface area (Å²) in [7, 11) is 4.52. The van der Waals surface area contributed by atoms with Crippen LogP contribution >= 0.6 is 0 Å². The van der Waals surface area contributed by atoms with Gasteiger partial charge in [0.1, 0.15) is 11.6 Å². The van der Waals surface area contributed by atoms with Crippen molar-refractivity contribution in [3.63, 3.8) is 0 Å². The lowest BCUT2D eigenvalue weighted by Gasteiger charge is -2.09. The van der Waals surface area contributed by atoms with Crippen molar-refractivity contribution in [2.45, 2.75) is 0 Å². The smallest absolute Gasteiger partial charge is 0.284 e. The third-order valence-electron chi connectivity index (χ3n) is 5.08. The molecule has 4 rings (SSSR count). The minimum absolute atomic E-state index is 0.141. The highest BCUT2D eigenvalue weighted by molar-refractivity contribution is 5.83. The molecule has 0 aliphatic rings. The van der Waals surface area contributed by atoms with Crippen LogP contribution in [0.4, 0.5) is 5.69 Å². The molecule has 4 aromatic rings. The maximum absolute atomic E-state index is 11.8. The van der Waals surface area contributed by atoms with Gasteiger partial charge >= 0.3 is 0 Å². The van der Waals surface area contributed by atoms with Crippen LogP contribution in [0, 0.1) is 10.1 Å². The molecule has 8 nitrogen and oxygen atoms in total. The summed E-state index contributed by atoms with van der Waals surface area (Å²) in [6.45, 7) is 0. The van der Waals surface area contributed by atoms with E-state index in [1.807, 2.05) is 54.6 Å². The van der Waals surface area contributed by atoms with E-state index in [0.717, 1.165) is 22.6 Å². The Hall–Kier alpha value is -4.33. The molecule has 0 fully saturated rings. The van der Waals surface area contributed by atoms with E-state index in [9.17, 15) is 10.1 Å². The average molecular weight is 431 g/mol. The van der Waals surface area contributed by atoms with E-state index in [1.54, 1.807) is 13.2 Å². The van der Waals surface area contributed by atoms with Gasteiger partial charge in [0.2, 0.25) is 0 Å². The third kappa shape index (κ3) is 3.85. The first-order valence-electron chi connectivity index (χ1n) is 9.76. The van der Waals surface area contributed by atoms with Crippen molar-refractivity contribution in [1.29, 1.82) is 0 Å². The zero-order chi connectivity index (χ0) is 22.7. The number of nitrogens with zero attached hydrogens (tertiary/aromatic N) is 2. The van der Waals surface area contributed by atoms with Gasteiger partial charge in [0, 0.05) is 17.2 Å². The number of ether oxygens (including phenoxy) is 3. The van der Waals surface area contributed by atoms with Crippen molar-refractivity contribution in [3.05, 3.63) is 76.8 Å². The van der Waals surface area contributed by atoms with Crippen LogP contribution in [0.5, 0.6) is 17.2 Å². The van der Waals surface area contributed by atoms with Crippen LogP contribution in [0.2, 0.25) is 0 Å². The molecule has 0 bridgehead atoms. The zero-order valence-electron chi connectivity index (χ0n) is 17.8. The highest BCUT2D eigenvalue weighted by atomic mass is 16.6. The van der Waals surface area contributed by atoms with Crippen LogP contribution in [0.15, 0.2) is 66.7 Å². The Morgan fingerprint density at radius 2 is 1.50 bits per heavy atom. The van der Waals surface area contributed by atoms with Crippen molar-refractivity contribution in [3.8, 4) is 51.2 Å². The Morgan fingerprint density at radius 1 is 0.844 bits per heavy atom. The van der Waals surface area contributed by atoms with Crippen LogP contribution < -0.4 is 14.2 Å². The fourth-order valence-electron chi connectivity index (χ4n) is 3.48. The molecule has 32 heavy (non-hydrogen) atoms. The molecule has 0 aliphatic heterocycles. The number of rotatable bonds is 7. The third-order valence-corrected chi connectivity index (χ3v) is 5.08. The first-order valence-corrected chi connectivity index (χ1v) is 9.76. The molecule has 8 heteroatoms. The predicted molar refractivity (Wildman–Crippen MR) is 121 cm³/mol. The number of aromatic amines is 1. The molecule has 0 aliphatic carbocycles. The van der Waals surface area contributed by atoms with E-state index >= 15 is 0 Å². The van der Waals surface area contributed by atoms with Crippen LogP contribution in [0.1, 0.15) is 0 Å². The van der Waals surface area contributed by atoms with E-state index in [-0.39, 0.29) is 11.4 Å². The number of imidazole rings is 1. The van der Waals surface area contributed by atoms with Crippen molar-refractivity contribution < 1.29 is 19.1 Å². The standard InChI is InChI=1S/C24H21N3O5/c1-30-17-11-9-16(10-12-17)23-22(15-7-5-4-6-8-15)25-24(26-23)18-13-20(31-2)21(32-3)14-19(18)27(28)29/h4-14H,1-3H3,(H,25,26). The molecule has 1 aromatic heterocycles. The molecule has 1 heterocycles. The van der Waals surface area contributed by atoms with E-state index in [0.29, 0.717) is 22.8 Å². The first kappa shape index (κ1) is 20.9. The first-order chi connectivity index (χ1) is 15.5. The fraction of sp³-hybridized carbons (Fsp3) is 0.125. The van der Waals surface area contributed by atoms with E-state index in [1.165, 1.54) is 20.3 Å². The summed E-state index contributed by atoms with van der Waals surface area (Å²) in [5.41, 5.74) is 3.31. The lowest BCUT2D eigenvalue weighted by molar-refractivity contribution is -0.384. The SMILES string of the molecule is COc1ccc(-c2[nH]c(-c3cc(OC)c(OC)cc3[N+](=O)[O-])nc2-c2ccccc2)cc1. The lowest BCUT2D eigenvalue weighted by Crippen LogP contribution is -1.97. The summed E-state index contributed by atoms with van der Waals surface area (Å²) in [4.78, 5) is 19.4. The number of H-pyrrole nitrogens is 1. The summed E-state index contributed by atoms with van der Waals surface area (Å²) in [5.74, 6) is 1.72. The second-order valence-electron chi connectivity index (χ2n) is 6.88. The number of aromatic nitrogens is 2. The van der Waals surface area contributed by atoms with Gasteiger partial charge < -0.3 is 19.2 Å². The summed E-state index contributed by atoms with van der Waals surface area (Å²) >= 11 is 0. The molecule has 0 spiro atoms. The topological polar surface area (TPSA) is 99.5 Å². The van der Waals surface area contributed by atoms with Crippen molar-refractivity contribution in [2.75, 3.05) is 21.3 Å². The van der Waals surface area contributed by atoms with Gasteiger partial charge in [-0.1, -0.05) is 30.3 Å². The minimum Gasteiger partial charge on any atom is -0.497 e. The molecule has 162 valence electrons. The van der Waals surface area contributed by atoms with E-state index in [4.69, 9.17) is 19.2 Å². The van der Waals surface area contributed by atoms with Gasteiger partial charge in [-0.15, -0.1) is 0 Å². The molecule has 0 saturated heterocycles. The summed E-state index contributed by atoms with van der Waals surface area (Å²) in [6.07, 6.45) is 0. The number of hydrogen-bond donors (Lipinski definition) is 1. The lowest BCUT2D eigenvalue weighted by atomic mass is 10.1. The van der Waals surface area contributed by atoms with Gasteiger partial charge in [-0.2, -0.15) is 0 Å². The fourth-order valence-corrected chi connectivity index (χ4v) is 3.48. The Morgan fingerprint density at radius 3 is 2.09 bits per heavy atom. The highest BCUT2D eigenvalue weighted by Crippen LogP contribution is 2.41. The van der Waals surface area contributed by atoms with E-state index in [2.05, 4.69) is 4.98 Å². The maximum Gasteiger partial charge on any atom is 0.284 e. The molecular formula is C24H21N3O5. The van der Waals surface area contributed by atoms with Gasteiger partial charge in [-0.3, -0.25) is 10.1 Å². The molecular weight excluding hydrogens is 410 g/mol. The van der Waals surface area contributed by atoms with Gasteiger partial charge in [0.15, 0.2) is 11.5 Å². The quantitative estimate of drug-likeness (QED) is 0.313. The second-order valence-corrected chi connectivity index (χ2v) is 6.88. The summed E-state index contributed by atoms with van der Waals surface area (Å²) < 4.78 is 15.9. The summed E-state index contributed by atoms with van der Waals surface area (Å²) in [6, 6.07) is 20.1. The largest absolute Gasteiger partial charge is 0.497 e. The molecule has 0 unspecified atom stereocenters. The van der Waals surface area contributed by atoms with Crippen molar-refractivity contribution in [1.82, 2.24) is 9.97 Å². The second kappa shape index (κ2) is 8.81. The van der Waals surface area contributed by atoms with E-state index < -0.39 is 4.92 Å². The van der Waals surface area contributed by atoms with Crippen molar-refractivity contribution in [2.24, 2.45) is 0 Å². The minimum atomic E-state index is -0.463. The molecule has 0 atom stereocenters. The number of methoxy groups -OCH3 is 3. The van der Waals surface area contributed by atoms with Crippen molar-refractivity contribution >= 4 is 5.69 Å². The predicted octanol–water partition coefficient (Wildman–Crippen LogP) is 5.34. The van der Waals surface area contributed by atoms with Crippen LogP contribution in [-0.4, -0.2) is 36.2 Å². The zero-order valence-corrected chi connectivity index (χ0v) is 17.8. The number of nitrogens with one attached hydrogen (secondary N) is 1. The number of nitro groups is 1. The van der Waals surface area contributed by atoms with Gasteiger partial charge in [0.25, 0.3) is 5.69 Å². The monoisotopic (exact) mass is 431 g/mol. The van der Waals surface area contributed by atoms with Crippen LogP contribution in [-0.2, 0) is 0 Å². The number of nitro benzene ring substituents is 1. The van der Waals surface area contributed by atoms with Gasteiger partial charge in [-0.25, -0.2) is 4.98 Å². The molecule has 0 radical (unpaired) electrons.